The minimum absolute atomic E-state index is 0.682. The average Bonchev–Trinajstić information content (AvgIpc) is 2.80. The number of imidazole rings is 1. The van der Waals surface area contributed by atoms with Crippen LogP contribution in [0, 0.1) is 5.92 Å². The van der Waals surface area contributed by atoms with Gasteiger partial charge in [-0.25, -0.2) is 4.98 Å². The minimum atomic E-state index is 0.682. The lowest BCUT2D eigenvalue weighted by molar-refractivity contribution is 0.546. The first kappa shape index (κ1) is 16.8. The number of rotatable bonds is 8. The number of fused-ring (bicyclic) bond motifs is 1. The van der Waals surface area contributed by atoms with Crippen LogP contribution in [0.25, 0.3) is 11.0 Å². The Morgan fingerprint density at radius 2 is 2.14 bits per heavy atom. The molecule has 22 heavy (non-hydrogen) atoms. The van der Waals surface area contributed by atoms with Gasteiger partial charge in [-0.3, -0.25) is 0 Å². The molecular weight excluding hydrogens is 270 g/mol. The number of benzene rings is 1. The quantitative estimate of drug-likeness (QED) is 0.590. The monoisotopic (exact) mass is 299 g/mol. The van der Waals surface area contributed by atoms with Crippen LogP contribution in [0.2, 0.25) is 0 Å². The largest absolute Gasteiger partial charge is 0.324 e. The van der Waals surface area contributed by atoms with Gasteiger partial charge >= 0.3 is 0 Å². The molecule has 0 aliphatic rings. The molecular formula is C19H29N3. The second-order valence-electron chi connectivity index (χ2n) is 6.60. The first-order valence-electron chi connectivity index (χ1n) is 8.34. The van der Waals surface area contributed by atoms with Crippen molar-refractivity contribution in [1.82, 2.24) is 14.9 Å². The maximum atomic E-state index is 4.87. The Hall–Kier alpha value is -1.61. The van der Waals surface area contributed by atoms with Gasteiger partial charge in [-0.05, 0) is 43.5 Å². The van der Waals surface area contributed by atoms with Crippen LogP contribution in [-0.2, 0) is 19.4 Å². The summed E-state index contributed by atoms with van der Waals surface area (Å²) in [7, 11) is 0. The number of aryl methyl sites for hydroxylation is 1. The lowest BCUT2D eigenvalue weighted by Gasteiger charge is -2.10. The van der Waals surface area contributed by atoms with E-state index in [9.17, 15) is 0 Å². The Bertz CT molecular complexity index is 637. The highest BCUT2D eigenvalue weighted by atomic mass is 15.1. The van der Waals surface area contributed by atoms with E-state index in [1.165, 1.54) is 11.1 Å². The molecule has 0 aliphatic carbocycles. The van der Waals surface area contributed by atoms with Crippen molar-refractivity contribution in [2.24, 2.45) is 5.92 Å². The van der Waals surface area contributed by atoms with Crippen molar-refractivity contribution in [2.45, 2.75) is 47.1 Å². The molecule has 1 N–H and O–H groups in total. The van der Waals surface area contributed by atoms with E-state index in [1.54, 1.807) is 0 Å². The van der Waals surface area contributed by atoms with Crippen molar-refractivity contribution < 1.29 is 0 Å². The van der Waals surface area contributed by atoms with Crippen LogP contribution in [-0.4, -0.2) is 22.6 Å². The van der Waals surface area contributed by atoms with Crippen LogP contribution in [0.4, 0.5) is 0 Å². The van der Waals surface area contributed by atoms with Crippen molar-refractivity contribution in [3.05, 3.63) is 41.7 Å². The van der Waals surface area contributed by atoms with Crippen molar-refractivity contribution in [2.75, 3.05) is 13.1 Å². The second kappa shape index (κ2) is 7.59. The van der Waals surface area contributed by atoms with Crippen LogP contribution >= 0.6 is 0 Å². The molecule has 1 aromatic heterocycles. The highest BCUT2D eigenvalue weighted by Gasteiger charge is 2.11. The molecule has 0 radical (unpaired) electrons. The van der Waals surface area contributed by atoms with Gasteiger partial charge < -0.3 is 9.88 Å². The standard InChI is InChI=1S/C19H29N3/c1-6-16-7-8-18-17(11-16)21-19(22(18)13-15(4)5)9-10-20-12-14(2)3/h7-8,11,14,20H,4,6,9-10,12-13H2,1-3,5H3. The van der Waals surface area contributed by atoms with E-state index in [0.29, 0.717) is 5.92 Å². The maximum Gasteiger partial charge on any atom is 0.111 e. The zero-order valence-corrected chi connectivity index (χ0v) is 14.4. The molecule has 0 amide bonds. The van der Waals surface area contributed by atoms with E-state index >= 15 is 0 Å². The normalized spacial score (nSPS) is 11.5. The molecule has 0 spiro atoms. The van der Waals surface area contributed by atoms with Crippen molar-refractivity contribution in [1.29, 1.82) is 0 Å². The van der Waals surface area contributed by atoms with Gasteiger partial charge in [0.05, 0.1) is 11.0 Å². The summed E-state index contributed by atoms with van der Waals surface area (Å²) in [4.78, 5) is 4.87. The molecule has 0 atom stereocenters. The van der Waals surface area contributed by atoms with E-state index in [2.05, 4.69) is 62.4 Å². The molecule has 0 fully saturated rings. The summed E-state index contributed by atoms with van der Waals surface area (Å²) >= 11 is 0. The number of aromatic nitrogens is 2. The van der Waals surface area contributed by atoms with Crippen molar-refractivity contribution in [3.8, 4) is 0 Å². The van der Waals surface area contributed by atoms with E-state index < -0.39 is 0 Å². The van der Waals surface area contributed by atoms with Gasteiger partial charge in [0.25, 0.3) is 0 Å². The van der Waals surface area contributed by atoms with Gasteiger partial charge in [-0.1, -0.05) is 39.0 Å². The van der Waals surface area contributed by atoms with Gasteiger partial charge in [0.1, 0.15) is 5.82 Å². The predicted molar refractivity (Wildman–Crippen MR) is 95.3 cm³/mol. The fraction of sp³-hybridized carbons (Fsp3) is 0.526. The molecule has 3 heteroatoms. The lowest BCUT2D eigenvalue weighted by Crippen LogP contribution is -2.23. The zero-order valence-electron chi connectivity index (χ0n) is 14.4. The van der Waals surface area contributed by atoms with E-state index in [1.807, 2.05) is 0 Å². The zero-order chi connectivity index (χ0) is 16.1. The SMILES string of the molecule is C=C(C)Cn1c(CCNCC(C)C)nc2cc(CC)ccc21. The van der Waals surface area contributed by atoms with Crippen molar-refractivity contribution >= 4 is 11.0 Å². The Morgan fingerprint density at radius 3 is 2.77 bits per heavy atom. The molecule has 0 unspecified atom stereocenters. The molecule has 2 rings (SSSR count). The van der Waals surface area contributed by atoms with Gasteiger partial charge in [0.2, 0.25) is 0 Å². The summed E-state index contributed by atoms with van der Waals surface area (Å²) in [6.07, 6.45) is 2.00. The number of nitrogens with one attached hydrogen (secondary N) is 1. The summed E-state index contributed by atoms with van der Waals surface area (Å²) in [5.41, 5.74) is 4.84. The van der Waals surface area contributed by atoms with E-state index in [-0.39, 0.29) is 0 Å². The molecule has 0 bridgehead atoms. The van der Waals surface area contributed by atoms with E-state index in [4.69, 9.17) is 4.98 Å². The Balaban J connectivity index is 2.24. The summed E-state index contributed by atoms with van der Waals surface area (Å²) in [5, 5.41) is 3.50. The highest BCUT2D eigenvalue weighted by Crippen LogP contribution is 2.20. The minimum Gasteiger partial charge on any atom is -0.324 e. The van der Waals surface area contributed by atoms with Gasteiger partial charge in [-0.2, -0.15) is 0 Å². The van der Waals surface area contributed by atoms with Gasteiger partial charge in [0.15, 0.2) is 0 Å². The first-order chi connectivity index (χ1) is 10.5. The third kappa shape index (κ3) is 4.20. The average molecular weight is 299 g/mol. The Morgan fingerprint density at radius 1 is 1.36 bits per heavy atom. The third-order valence-electron chi connectivity index (χ3n) is 3.81. The van der Waals surface area contributed by atoms with Gasteiger partial charge in [-0.15, -0.1) is 0 Å². The fourth-order valence-corrected chi connectivity index (χ4v) is 2.67. The summed E-state index contributed by atoms with van der Waals surface area (Å²) in [5.74, 6) is 1.84. The van der Waals surface area contributed by atoms with Crippen LogP contribution in [0.3, 0.4) is 0 Å². The number of hydrogen-bond donors (Lipinski definition) is 1. The molecule has 1 aromatic carbocycles. The van der Waals surface area contributed by atoms with Crippen LogP contribution < -0.4 is 5.32 Å². The number of hydrogen-bond acceptors (Lipinski definition) is 2. The highest BCUT2D eigenvalue weighted by molar-refractivity contribution is 5.77. The topological polar surface area (TPSA) is 29.9 Å². The maximum absolute atomic E-state index is 4.87. The predicted octanol–water partition coefficient (Wildman–Crippen LogP) is 3.96. The first-order valence-corrected chi connectivity index (χ1v) is 8.34. The fourth-order valence-electron chi connectivity index (χ4n) is 2.67. The van der Waals surface area contributed by atoms with Crippen LogP contribution in [0.5, 0.6) is 0 Å². The number of nitrogens with zero attached hydrogens (tertiary/aromatic N) is 2. The Kier molecular flexibility index (Phi) is 5.78. The van der Waals surface area contributed by atoms with Crippen LogP contribution in [0.1, 0.15) is 39.1 Å². The molecule has 0 saturated carbocycles. The summed E-state index contributed by atoms with van der Waals surface area (Å²) < 4.78 is 2.31. The molecule has 0 aliphatic heterocycles. The van der Waals surface area contributed by atoms with Crippen molar-refractivity contribution in [3.63, 3.8) is 0 Å². The molecule has 0 saturated heterocycles. The molecule has 1 heterocycles. The number of allylic oxidation sites excluding steroid dienone is 1. The molecule has 3 nitrogen and oxygen atoms in total. The van der Waals surface area contributed by atoms with Gasteiger partial charge in [0, 0.05) is 19.5 Å². The summed E-state index contributed by atoms with van der Waals surface area (Å²) in [6, 6.07) is 6.63. The van der Waals surface area contributed by atoms with E-state index in [0.717, 1.165) is 49.4 Å². The second-order valence-corrected chi connectivity index (χ2v) is 6.60. The smallest absolute Gasteiger partial charge is 0.111 e. The molecule has 2 aromatic rings. The lowest BCUT2D eigenvalue weighted by atomic mass is 10.1. The Labute approximate surface area is 134 Å². The molecule has 120 valence electrons. The third-order valence-corrected chi connectivity index (χ3v) is 3.81. The summed E-state index contributed by atoms with van der Waals surface area (Å²) in [6.45, 7) is 15.7. The van der Waals surface area contributed by atoms with Crippen LogP contribution in [0.15, 0.2) is 30.4 Å².